The summed E-state index contributed by atoms with van der Waals surface area (Å²) >= 11 is 0. The molecule has 2 aliphatic rings. The molecule has 0 spiro atoms. The third-order valence-corrected chi connectivity index (χ3v) is 8.73. The van der Waals surface area contributed by atoms with Crippen molar-refractivity contribution in [1.82, 2.24) is 0 Å². The molecule has 47 heavy (non-hydrogen) atoms. The normalized spacial score (nSPS) is 22.0. The molecule has 2 fully saturated rings. The summed E-state index contributed by atoms with van der Waals surface area (Å²) in [6, 6.07) is 6.56. The van der Waals surface area contributed by atoms with Gasteiger partial charge < -0.3 is 18.9 Å². The summed E-state index contributed by atoms with van der Waals surface area (Å²) < 4.78 is 136. The first-order valence-electron chi connectivity index (χ1n) is 15.8. The maximum atomic E-state index is 15.2. The maximum Gasteiger partial charge on any atom is 0.383 e. The van der Waals surface area contributed by atoms with Gasteiger partial charge in [0, 0.05) is 23.6 Å². The van der Waals surface area contributed by atoms with Crippen LogP contribution in [-0.4, -0.2) is 19.3 Å². The highest BCUT2D eigenvalue weighted by Gasteiger charge is 2.39. The van der Waals surface area contributed by atoms with Crippen molar-refractivity contribution in [2.24, 2.45) is 5.92 Å². The zero-order valence-electron chi connectivity index (χ0n) is 25.8. The number of unbranched alkanes of at least 4 members (excludes halogenated alkanes) is 2. The van der Waals surface area contributed by atoms with Gasteiger partial charge in [-0.2, -0.15) is 8.78 Å². The number of hydrogen-bond donors (Lipinski definition) is 0. The zero-order chi connectivity index (χ0) is 33.7. The first-order valence-corrected chi connectivity index (χ1v) is 15.8. The number of halogens is 8. The van der Waals surface area contributed by atoms with Crippen molar-refractivity contribution in [2.45, 2.75) is 89.3 Å². The van der Waals surface area contributed by atoms with E-state index < -0.39 is 76.9 Å². The lowest BCUT2D eigenvalue weighted by atomic mass is 9.82. The van der Waals surface area contributed by atoms with Crippen LogP contribution in [0.3, 0.4) is 0 Å². The fourth-order valence-corrected chi connectivity index (χ4v) is 6.06. The summed E-state index contributed by atoms with van der Waals surface area (Å²) in [4.78, 5) is 0. The van der Waals surface area contributed by atoms with Gasteiger partial charge in [0.05, 0.1) is 30.4 Å². The highest BCUT2D eigenvalue weighted by Crippen LogP contribution is 2.41. The lowest BCUT2D eigenvalue weighted by Crippen LogP contribution is -2.30. The third kappa shape index (κ3) is 8.63. The molecule has 1 aliphatic carbocycles. The number of rotatable bonds is 12. The van der Waals surface area contributed by atoms with Crippen LogP contribution in [0.25, 0.3) is 0 Å². The average Bonchev–Trinajstić information content (AvgIpc) is 3.04. The van der Waals surface area contributed by atoms with Crippen molar-refractivity contribution in [2.75, 3.05) is 13.2 Å². The van der Waals surface area contributed by atoms with E-state index in [1.165, 1.54) is 6.07 Å². The summed E-state index contributed by atoms with van der Waals surface area (Å²) in [6.45, 7) is 2.34. The van der Waals surface area contributed by atoms with Gasteiger partial charge in [-0.15, -0.1) is 0 Å². The van der Waals surface area contributed by atoms with Crippen LogP contribution in [0, 0.1) is 40.8 Å². The zero-order valence-corrected chi connectivity index (χ0v) is 25.8. The molecule has 0 aromatic heterocycles. The second-order valence-corrected chi connectivity index (χ2v) is 12.2. The minimum atomic E-state index is -4.05. The van der Waals surface area contributed by atoms with E-state index in [9.17, 15) is 22.0 Å². The molecule has 12 heteroatoms. The molecule has 3 aromatic rings. The molecule has 0 atom stereocenters. The molecular formula is C35H36F8O4. The molecular weight excluding hydrogens is 636 g/mol. The van der Waals surface area contributed by atoms with E-state index in [0.29, 0.717) is 67.4 Å². The molecule has 256 valence electrons. The number of alkyl halides is 2. The molecule has 0 N–H and O–H groups in total. The molecule has 5 rings (SSSR count). The summed E-state index contributed by atoms with van der Waals surface area (Å²) in [5, 5.41) is 0. The highest BCUT2D eigenvalue weighted by atomic mass is 19.3. The van der Waals surface area contributed by atoms with Crippen LogP contribution in [0.2, 0.25) is 0 Å². The van der Waals surface area contributed by atoms with Crippen molar-refractivity contribution in [1.29, 1.82) is 0 Å². The molecule has 0 radical (unpaired) electrons. The third-order valence-electron chi connectivity index (χ3n) is 8.73. The van der Waals surface area contributed by atoms with Crippen molar-refractivity contribution < 1.29 is 54.1 Å². The molecule has 0 bridgehead atoms. The second-order valence-electron chi connectivity index (χ2n) is 12.2. The maximum absolute atomic E-state index is 15.2. The second kappa shape index (κ2) is 15.3. The summed E-state index contributed by atoms with van der Waals surface area (Å²) in [7, 11) is 0. The smallest absolute Gasteiger partial charge is 0.383 e. The van der Waals surface area contributed by atoms with Crippen LogP contribution in [0.5, 0.6) is 5.75 Å². The Hall–Kier alpha value is -3.22. The molecule has 3 aromatic carbocycles. The van der Waals surface area contributed by atoms with E-state index in [4.69, 9.17) is 18.9 Å². The van der Waals surface area contributed by atoms with Gasteiger partial charge in [0.15, 0.2) is 23.7 Å². The van der Waals surface area contributed by atoms with E-state index in [0.717, 1.165) is 25.7 Å². The fourth-order valence-electron chi connectivity index (χ4n) is 6.06. The number of benzene rings is 3. The summed E-state index contributed by atoms with van der Waals surface area (Å²) in [5.41, 5.74) is -0.819. The Bertz CT molecular complexity index is 1470. The van der Waals surface area contributed by atoms with Crippen molar-refractivity contribution in [3.05, 3.63) is 99.6 Å². The Labute approximate surface area is 268 Å². The van der Waals surface area contributed by atoms with Crippen LogP contribution in [0.15, 0.2) is 42.5 Å². The molecule has 1 heterocycles. The van der Waals surface area contributed by atoms with Gasteiger partial charge in [-0.3, -0.25) is 0 Å². The van der Waals surface area contributed by atoms with Gasteiger partial charge in [-0.05, 0) is 61.8 Å². The monoisotopic (exact) mass is 672 g/mol. The lowest BCUT2D eigenvalue weighted by molar-refractivity contribution is -0.277. The molecule has 0 unspecified atom stereocenters. The van der Waals surface area contributed by atoms with E-state index in [-0.39, 0.29) is 18.8 Å². The minimum absolute atomic E-state index is 0.164. The first-order chi connectivity index (χ1) is 22.4. The Balaban J connectivity index is 1.14. The van der Waals surface area contributed by atoms with Crippen molar-refractivity contribution in [3.8, 4) is 5.75 Å². The predicted octanol–water partition coefficient (Wildman–Crippen LogP) is 10.1. The van der Waals surface area contributed by atoms with Crippen LogP contribution in [-0.2, 0) is 26.9 Å². The van der Waals surface area contributed by atoms with Gasteiger partial charge in [-0.25, -0.2) is 26.3 Å². The predicted molar refractivity (Wildman–Crippen MR) is 156 cm³/mol. The Kier molecular flexibility index (Phi) is 11.5. The van der Waals surface area contributed by atoms with Crippen molar-refractivity contribution >= 4 is 0 Å². The van der Waals surface area contributed by atoms with Crippen LogP contribution in [0.1, 0.15) is 92.8 Å². The topological polar surface area (TPSA) is 36.9 Å². The van der Waals surface area contributed by atoms with E-state index >= 15 is 13.2 Å². The first kappa shape index (κ1) is 35.1. The SMILES string of the molecule is CCCCCC1COC(c2ccc(C3CCC(OC(F)(F)c4cc(F)c(COc5cc(F)c(F)c(F)c5)c(F)c4)CC3)c(F)c2)OC1. The van der Waals surface area contributed by atoms with Gasteiger partial charge in [0.2, 0.25) is 0 Å². The van der Waals surface area contributed by atoms with Crippen LogP contribution in [0.4, 0.5) is 35.1 Å². The summed E-state index contributed by atoms with van der Waals surface area (Å²) in [6.07, 6.45) is -0.169. The average molecular weight is 673 g/mol. The van der Waals surface area contributed by atoms with Gasteiger partial charge in [0.25, 0.3) is 0 Å². The number of hydrogen-bond acceptors (Lipinski definition) is 4. The molecule has 4 nitrogen and oxygen atoms in total. The van der Waals surface area contributed by atoms with Crippen LogP contribution < -0.4 is 4.74 Å². The molecule has 1 saturated heterocycles. The summed E-state index contributed by atoms with van der Waals surface area (Å²) in [5.74, 6) is -8.59. The lowest BCUT2D eigenvalue weighted by Gasteiger charge is -2.32. The van der Waals surface area contributed by atoms with E-state index in [2.05, 4.69) is 6.92 Å². The quantitative estimate of drug-likeness (QED) is 0.109. The van der Waals surface area contributed by atoms with Gasteiger partial charge in [0.1, 0.15) is 29.8 Å². The Morgan fingerprint density at radius 2 is 1.40 bits per heavy atom. The van der Waals surface area contributed by atoms with Gasteiger partial charge >= 0.3 is 6.11 Å². The molecule has 0 amide bonds. The van der Waals surface area contributed by atoms with Gasteiger partial charge in [-0.1, -0.05) is 38.3 Å². The number of ether oxygens (including phenoxy) is 4. The van der Waals surface area contributed by atoms with E-state index in [1.807, 2.05) is 0 Å². The largest absolute Gasteiger partial charge is 0.488 e. The van der Waals surface area contributed by atoms with Crippen LogP contribution >= 0.6 is 0 Å². The Morgan fingerprint density at radius 1 is 0.766 bits per heavy atom. The van der Waals surface area contributed by atoms with E-state index in [1.54, 1.807) is 12.1 Å². The molecule has 1 aliphatic heterocycles. The molecule has 1 saturated carbocycles. The fraction of sp³-hybridized carbons (Fsp3) is 0.486. The Morgan fingerprint density at radius 3 is 2.00 bits per heavy atom. The standard InChI is InChI=1S/C35H36F8O4/c1-2-3-4-5-20-17-45-34(46-18-20)22-8-11-26(28(36)12-22)21-6-9-24(10-7-21)47-35(42,43)23-13-29(37)27(30(38)14-23)19-44-25-15-31(39)33(41)32(40)16-25/h8,11-16,20-21,24,34H,2-7,9-10,17-19H2,1H3. The highest BCUT2D eigenvalue weighted by molar-refractivity contribution is 5.31. The minimum Gasteiger partial charge on any atom is -0.488 e. The van der Waals surface area contributed by atoms with Crippen molar-refractivity contribution in [3.63, 3.8) is 0 Å².